The van der Waals surface area contributed by atoms with Crippen LogP contribution < -0.4 is 15.5 Å². The van der Waals surface area contributed by atoms with Gasteiger partial charge in [0, 0.05) is 32.4 Å². The summed E-state index contributed by atoms with van der Waals surface area (Å²) >= 11 is 0. The Balaban J connectivity index is 1.59. The Morgan fingerprint density at radius 3 is 2.34 bits per heavy atom. The quantitative estimate of drug-likeness (QED) is 0.686. The zero-order chi connectivity index (χ0) is 20.8. The molecular formula is C23H30N4O2. The van der Waals surface area contributed by atoms with Gasteiger partial charge in [0.2, 0.25) is 5.91 Å². The summed E-state index contributed by atoms with van der Waals surface area (Å²) in [5.41, 5.74) is 3.38. The van der Waals surface area contributed by atoms with Crippen molar-refractivity contribution in [2.45, 2.75) is 32.4 Å². The van der Waals surface area contributed by atoms with Crippen LogP contribution in [0.5, 0.6) is 0 Å². The number of amides is 2. The molecular weight excluding hydrogens is 364 g/mol. The van der Waals surface area contributed by atoms with Gasteiger partial charge in [-0.25, -0.2) is 0 Å². The average molecular weight is 395 g/mol. The standard InChI is InChI=1S/C23H30N4O2/c1-4-27(15-17-9-13-19(14-10-17)26(2)3)16-22(28)25-21-8-6-5-7-20(21)23(29)24-18-11-12-18/h5-10,13-14,18H,4,11-12,15-16H2,1-3H3,(H,24,29)(H,25,28). The van der Waals surface area contributed by atoms with Crippen LogP contribution in [-0.2, 0) is 11.3 Å². The number of hydrogen-bond acceptors (Lipinski definition) is 4. The molecule has 1 fully saturated rings. The van der Waals surface area contributed by atoms with Crippen molar-refractivity contribution in [3.8, 4) is 0 Å². The third-order valence-corrected chi connectivity index (χ3v) is 5.03. The van der Waals surface area contributed by atoms with Crippen molar-refractivity contribution in [2.24, 2.45) is 0 Å². The van der Waals surface area contributed by atoms with Crippen molar-refractivity contribution in [1.82, 2.24) is 10.2 Å². The first-order valence-corrected chi connectivity index (χ1v) is 10.1. The van der Waals surface area contributed by atoms with Gasteiger partial charge in [-0.05, 0) is 49.2 Å². The van der Waals surface area contributed by atoms with Crippen molar-refractivity contribution in [2.75, 3.05) is 37.4 Å². The number of para-hydroxylation sites is 1. The van der Waals surface area contributed by atoms with Gasteiger partial charge >= 0.3 is 0 Å². The summed E-state index contributed by atoms with van der Waals surface area (Å²) in [7, 11) is 4.03. The van der Waals surface area contributed by atoms with Gasteiger partial charge in [0.25, 0.3) is 5.91 Å². The van der Waals surface area contributed by atoms with E-state index in [2.05, 4.69) is 44.7 Å². The third-order valence-electron chi connectivity index (χ3n) is 5.03. The molecule has 0 spiro atoms. The third kappa shape index (κ3) is 6.06. The van der Waals surface area contributed by atoms with Crippen LogP contribution in [0.25, 0.3) is 0 Å². The maximum absolute atomic E-state index is 12.6. The minimum absolute atomic E-state index is 0.122. The van der Waals surface area contributed by atoms with Gasteiger partial charge in [-0.1, -0.05) is 31.2 Å². The maximum atomic E-state index is 12.6. The van der Waals surface area contributed by atoms with Crippen molar-refractivity contribution in [3.63, 3.8) is 0 Å². The lowest BCUT2D eigenvalue weighted by atomic mass is 10.1. The van der Waals surface area contributed by atoms with E-state index in [1.807, 2.05) is 33.2 Å². The normalized spacial score (nSPS) is 13.2. The largest absolute Gasteiger partial charge is 0.378 e. The van der Waals surface area contributed by atoms with Crippen LogP contribution in [0, 0.1) is 0 Å². The number of carbonyl (C=O) groups is 2. The first-order valence-electron chi connectivity index (χ1n) is 10.1. The summed E-state index contributed by atoms with van der Waals surface area (Å²) < 4.78 is 0. The monoisotopic (exact) mass is 394 g/mol. The Bertz CT molecular complexity index is 844. The zero-order valence-corrected chi connectivity index (χ0v) is 17.4. The molecule has 0 radical (unpaired) electrons. The van der Waals surface area contributed by atoms with E-state index in [1.54, 1.807) is 12.1 Å². The molecule has 0 aromatic heterocycles. The number of hydrogen-bond donors (Lipinski definition) is 2. The number of benzene rings is 2. The topological polar surface area (TPSA) is 64.7 Å². The average Bonchev–Trinajstić information content (AvgIpc) is 3.52. The van der Waals surface area contributed by atoms with Gasteiger partial charge < -0.3 is 15.5 Å². The lowest BCUT2D eigenvalue weighted by molar-refractivity contribution is -0.117. The first kappa shape index (κ1) is 20.9. The minimum Gasteiger partial charge on any atom is -0.378 e. The fourth-order valence-corrected chi connectivity index (χ4v) is 3.11. The predicted octanol–water partition coefficient (Wildman–Crippen LogP) is 3.11. The second kappa shape index (κ2) is 9.56. The molecule has 0 atom stereocenters. The Hall–Kier alpha value is -2.86. The molecule has 2 amide bonds. The van der Waals surface area contributed by atoms with Crippen LogP contribution in [0.2, 0.25) is 0 Å². The number of rotatable bonds is 9. The molecule has 1 saturated carbocycles. The minimum atomic E-state index is -0.128. The van der Waals surface area contributed by atoms with Crippen LogP contribution in [0.15, 0.2) is 48.5 Å². The Kier molecular flexibility index (Phi) is 6.88. The van der Waals surface area contributed by atoms with Crippen LogP contribution in [0.1, 0.15) is 35.7 Å². The van der Waals surface area contributed by atoms with Crippen molar-refractivity contribution >= 4 is 23.2 Å². The van der Waals surface area contributed by atoms with Gasteiger partial charge in [-0.3, -0.25) is 14.5 Å². The SMILES string of the molecule is CCN(CC(=O)Nc1ccccc1C(=O)NC1CC1)Cc1ccc(N(C)C)cc1. The molecule has 2 aromatic rings. The van der Waals surface area contributed by atoms with E-state index in [0.717, 1.165) is 30.6 Å². The number of carbonyl (C=O) groups excluding carboxylic acids is 2. The molecule has 1 aliphatic rings. The second-order valence-corrected chi connectivity index (χ2v) is 7.71. The Labute approximate surface area is 172 Å². The molecule has 6 nitrogen and oxygen atoms in total. The fraction of sp³-hybridized carbons (Fsp3) is 0.391. The second-order valence-electron chi connectivity index (χ2n) is 7.71. The smallest absolute Gasteiger partial charge is 0.253 e. The molecule has 29 heavy (non-hydrogen) atoms. The van der Waals surface area contributed by atoms with E-state index in [1.165, 1.54) is 0 Å². The summed E-state index contributed by atoms with van der Waals surface area (Å²) in [6.07, 6.45) is 2.06. The van der Waals surface area contributed by atoms with Gasteiger partial charge in [0.15, 0.2) is 0 Å². The zero-order valence-electron chi connectivity index (χ0n) is 17.4. The number of anilines is 2. The highest BCUT2D eigenvalue weighted by atomic mass is 16.2. The molecule has 2 N–H and O–H groups in total. The van der Waals surface area contributed by atoms with Crippen molar-refractivity contribution in [1.29, 1.82) is 0 Å². The highest BCUT2D eigenvalue weighted by Gasteiger charge is 2.25. The van der Waals surface area contributed by atoms with Gasteiger partial charge in [0.1, 0.15) is 0 Å². The summed E-state index contributed by atoms with van der Waals surface area (Å²) in [4.78, 5) is 29.2. The lowest BCUT2D eigenvalue weighted by Gasteiger charge is -2.21. The fourth-order valence-electron chi connectivity index (χ4n) is 3.11. The highest BCUT2D eigenvalue weighted by molar-refractivity contribution is 6.04. The van der Waals surface area contributed by atoms with Crippen LogP contribution in [-0.4, -0.2) is 49.9 Å². The molecule has 1 aliphatic carbocycles. The number of nitrogens with zero attached hydrogens (tertiary/aromatic N) is 2. The van der Waals surface area contributed by atoms with E-state index in [9.17, 15) is 9.59 Å². The molecule has 0 heterocycles. The lowest BCUT2D eigenvalue weighted by Crippen LogP contribution is -2.33. The van der Waals surface area contributed by atoms with E-state index in [0.29, 0.717) is 17.8 Å². The Morgan fingerprint density at radius 2 is 1.72 bits per heavy atom. The van der Waals surface area contributed by atoms with E-state index in [-0.39, 0.29) is 24.4 Å². The van der Waals surface area contributed by atoms with E-state index >= 15 is 0 Å². The van der Waals surface area contributed by atoms with E-state index in [4.69, 9.17) is 0 Å². The summed E-state index contributed by atoms with van der Waals surface area (Å²) in [5, 5.41) is 5.89. The molecule has 0 saturated heterocycles. The number of likely N-dealkylation sites (N-methyl/N-ethyl adjacent to an activating group) is 1. The molecule has 154 valence electrons. The molecule has 6 heteroatoms. The maximum Gasteiger partial charge on any atom is 0.253 e. The van der Waals surface area contributed by atoms with Gasteiger partial charge in [-0.15, -0.1) is 0 Å². The van der Waals surface area contributed by atoms with Gasteiger partial charge in [-0.2, -0.15) is 0 Å². The predicted molar refractivity (Wildman–Crippen MR) is 117 cm³/mol. The first-order chi connectivity index (χ1) is 14.0. The number of nitrogens with one attached hydrogen (secondary N) is 2. The molecule has 2 aromatic carbocycles. The highest BCUT2D eigenvalue weighted by Crippen LogP contribution is 2.21. The van der Waals surface area contributed by atoms with Crippen LogP contribution >= 0.6 is 0 Å². The molecule has 3 rings (SSSR count). The summed E-state index contributed by atoms with van der Waals surface area (Å²) in [6, 6.07) is 15.8. The van der Waals surface area contributed by atoms with Gasteiger partial charge in [0.05, 0.1) is 17.8 Å². The summed E-state index contributed by atoms with van der Waals surface area (Å²) in [5.74, 6) is -0.250. The van der Waals surface area contributed by atoms with Crippen LogP contribution in [0.3, 0.4) is 0 Å². The summed E-state index contributed by atoms with van der Waals surface area (Å²) in [6.45, 7) is 3.76. The van der Waals surface area contributed by atoms with Crippen LogP contribution in [0.4, 0.5) is 11.4 Å². The molecule has 0 unspecified atom stereocenters. The molecule has 0 aliphatic heterocycles. The van der Waals surface area contributed by atoms with Crippen molar-refractivity contribution < 1.29 is 9.59 Å². The van der Waals surface area contributed by atoms with E-state index < -0.39 is 0 Å². The molecule has 0 bridgehead atoms. The Morgan fingerprint density at radius 1 is 1.03 bits per heavy atom. The van der Waals surface area contributed by atoms with Crippen molar-refractivity contribution in [3.05, 3.63) is 59.7 Å².